The van der Waals surface area contributed by atoms with Crippen LogP contribution in [-0.4, -0.2) is 27.0 Å². The van der Waals surface area contributed by atoms with Gasteiger partial charge in [-0.1, -0.05) is 0 Å². The number of amides is 1. The van der Waals surface area contributed by atoms with Gasteiger partial charge in [-0.25, -0.2) is 14.8 Å². The van der Waals surface area contributed by atoms with E-state index in [1.54, 1.807) is 6.20 Å². The standard InChI is InChI=1S/C11H11N3O3S2/c1-5-3-12-9(19-5)6(2)13-8(15)7-4-18-10(14-7)11(16)17/h3-4,6H,1-2H3,(H,13,15)(H,16,17). The van der Waals surface area contributed by atoms with E-state index >= 15 is 0 Å². The third-order valence-corrected chi connectivity index (χ3v) is 4.20. The van der Waals surface area contributed by atoms with Crippen molar-refractivity contribution in [2.24, 2.45) is 0 Å². The van der Waals surface area contributed by atoms with Gasteiger partial charge in [-0.3, -0.25) is 4.79 Å². The van der Waals surface area contributed by atoms with E-state index in [9.17, 15) is 9.59 Å². The van der Waals surface area contributed by atoms with Gasteiger partial charge >= 0.3 is 5.97 Å². The molecule has 2 aromatic rings. The highest BCUT2D eigenvalue weighted by Gasteiger charge is 2.18. The molecule has 0 bridgehead atoms. The zero-order valence-corrected chi connectivity index (χ0v) is 11.8. The van der Waals surface area contributed by atoms with Gasteiger partial charge in [0.25, 0.3) is 5.91 Å². The van der Waals surface area contributed by atoms with Crippen LogP contribution in [0.25, 0.3) is 0 Å². The van der Waals surface area contributed by atoms with Crippen molar-refractivity contribution in [2.75, 3.05) is 0 Å². The Morgan fingerprint density at radius 2 is 2.21 bits per heavy atom. The molecule has 2 N–H and O–H groups in total. The smallest absolute Gasteiger partial charge is 0.365 e. The van der Waals surface area contributed by atoms with Crippen molar-refractivity contribution in [2.45, 2.75) is 19.9 Å². The Balaban J connectivity index is 2.06. The molecule has 0 aliphatic carbocycles. The van der Waals surface area contributed by atoms with Gasteiger partial charge in [-0.05, 0) is 13.8 Å². The van der Waals surface area contributed by atoms with Crippen molar-refractivity contribution >= 4 is 34.6 Å². The molecule has 1 amide bonds. The van der Waals surface area contributed by atoms with Gasteiger partial charge in [0.1, 0.15) is 10.7 Å². The number of nitrogens with one attached hydrogen (secondary N) is 1. The van der Waals surface area contributed by atoms with Gasteiger partial charge in [0.2, 0.25) is 5.01 Å². The lowest BCUT2D eigenvalue weighted by Crippen LogP contribution is -2.26. The second-order valence-electron chi connectivity index (χ2n) is 3.85. The monoisotopic (exact) mass is 297 g/mol. The topological polar surface area (TPSA) is 92.2 Å². The zero-order chi connectivity index (χ0) is 14.0. The Hall–Kier alpha value is -1.80. The van der Waals surface area contributed by atoms with Crippen LogP contribution in [0.4, 0.5) is 0 Å². The van der Waals surface area contributed by atoms with Crippen molar-refractivity contribution in [1.82, 2.24) is 15.3 Å². The summed E-state index contributed by atoms with van der Waals surface area (Å²) in [5.41, 5.74) is 0.113. The molecule has 2 rings (SSSR count). The maximum atomic E-state index is 11.9. The van der Waals surface area contributed by atoms with Crippen molar-refractivity contribution in [3.8, 4) is 0 Å². The fourth-order valence-corrected chi connectivity index (χ4v) is 2.79. The first kappa shape index (κ1) is 13.6. The summed E-state index contributed by atoms with van der Waals surface area (Å²) in [6.45, 7) is 3.76. The van der Waals surface area contributed by atoms with Crippen molar-refractivity contribution in [3.05, 3.63) is 32.2 Å². The minimum absolute atomic E-state index is 0.0945. The number of hydrogen-bond donors (Lipinski definition) is 2. The molecule has 0 fully saturated rings. The van der Waals surface area contributed by atoms with Crippen LogP contribution in [0, 0.1) is 6.92 Å². The van der Waals surface area contributed by atoms with Gasteiger partial charge in [0.05, 0.1) is 6.04 Å². The van der Waals surface area contributed by atoms with E-state index in [-0.39, 0.29) is 16.7 Å². The van der Waals surface area contributed by atoms with Crippen LogP contribution < -0.4 is 5.32 Å². The summed E-state index contributed by atoms with van der Waals surface area (Å²) in [4.78, 5) is 31.6. The third kappa shape index (κ3) is 3.15. The normalized spacial score (nSPS) is 12.1. The Morgan fingerprint density at radius 1 is 1.47 bits per heavy atom. The number of aromatic nitrogens is 2. The molecular formula is C11H11N3O3S2. The molecule has 0 aliphatic rings. The number of carboxylic acids is 1. The highest BCUT2D eigenvalue weighted by molar-refractivity contribution is 7.12. The minimum Gasteiger partial charge on any atom is -0.476 e. The fraction of sp³-hybridized carbons (Fsp3) is 0.273. The highest BCUT2D eigenvalue weighted by Crippen LogP contribution is 2.19. The first-order valence-electron chi connectivity index (χ1n) is 5.39. The molecule has 1 atom stereocenters. The van der Waals surface area contributed by atoms with Crippen LogP contribution in [0.1, 0.15) is 43.1 Å². The van der Waals surface area contributed by atoms with Crippen LogP contribution in [0.5, 0.6) is 0 Å². The summed E-state index contributed by atoms with van der Waals surface area (Å²) in [5, 5.41) is 13.6. The summed E-state index contributed by atoms with van der Waals surface area (Å²) in [6.07, 6.45) is 1.74. The first-order valence-corrected chi connectivity index (χ1v) is 7.09. The summed E-state index contributed by atoms with van der Waals surface area (Å²) in [6, 6.07) is -0.235. The Bertz CT molecular complexity index is 620. The van der Waals surface area contributed by atoms with Gasteiger partial charge in [-0.15, -0.1) is 22.7 Å². The largest absolute Gasteiger partial charge is 0.476 e. The summed E-state index contributed by atoms with van der Waals surface area (Å²) in [7, 11) is 0. The van der Waals surface area contributed by atoms with Gasteiger partial charge in [0, 0.05) is 16.5 Å². The van der Waals surface area contributed by atoms with Gasteiger partial charge in [-0.2, -0.15) is 0 Å². The van der Waals surface area contributed by atoms with Crippen LogP contribution in [-0.2, 0) is 0 Å². The maximum absolute atomic E-state index is 11.9. The first-order chi connectivity index (χ1) is 8.97. The Labute approximate surface area is 117 Å². The SMILES string of the molecule is Cc1cnc(C(C)NC(=O)c2csc(C(=O)O)n2)s1. The second-order valence-corrected chi connectivity index (χ2v) is 5.97. The lowest BCUT2D eigenvalue weighted by atomic mass is 10.3. The zero-order valence-electron chi connectivity index (χ0n) is 10.2. The van der Waals surface area contributed by atoms with Crippen LogP contribution in [0.3, 0.4) is 0 Å². The molecule has 1 unspecified atom stereocenters. The minimum atomic E-state index is -1.13. The molecule has 0 spiro atoms. The number of carboxylic acid groups (broad SMARTS) is 1. The van der Waals surface area contributed by atoms with E-state index in [1.165, 1.54) is 16.7 Å². The third-order valence-electron chi connectivity index (χ3n) is 2.28. The molecule has 0 radical (unpaired) electrons. The molecule has 0 saturated carbocycles. The summed E-state index contributed by atoms with van der Waals surface area (Å²) >= 11 is 2.43. The number of rotatable bonds is 4. The van der Waals surface area contributed by atoms with E-state index in [4.69, 9.17) is 5.11 Å². The molecular weight excluding hydrogens is 286 g/mol. The Morgan fingerprint density at radius 3 is 2.74 bits per heavy atom. The van der Waals surface area contributed by atoms with E-state index in [2.05, 4.69) is 15.3 Å². The molecule has 19 heavy (non-hydrogen) atoms. The molecule has 0 aromatic carbocycles. The number of aromatic carboxylic acids is 1. The molecule has 0 saturated heterocycles. The average molecular weight is 297 g/mol. The average Bonchev–Trinajstić information content (AvgIpc) is 2.96. The van der Waals surface area contributed by atoms with Gasteiger partial charge in [0.15, 0.2) is 0 Å². The summed E-state index contributed by atoms with van der Waals surface area (Å²) in [5.74, 6) is -1.53. The molecule has 100 valence electrons. The lowest BCUT2D eigenvalue weighted by molar-refractivity contribution is 0.0696. The predicted molar refractivity (Wildman–Crippen MR) is 71.8 cm³/mol. The van der Waals surface area contributed by atoms with Crippen LogP contribution in [0.2, 0.25) is 0 Å². The molecule has 0 aliphatic heterocycles. The molecule has 8 heteroatoms. The molecule has 2 aromatic heterocycles. The van der Waals surface area contributed by atoms with E-state index in [0.29, 0.717) is 0 Å². The van der Waals surface area contributed by atoms with E-state index in [1.807, 2.05) is 13.8 Å². The number of hydrogen-bond acceptors (Lipinski definition) is 6. The Kier molecular flexibility index (Phi) is 3.91. The number of thiazole rings is 2. The van der Waals surface area contributed by atoms with Crippen molar-refractivity contribution in [3.63, 3.8) is 0 Å². The quantitative estimate of drug-likeness (QED) is 0.901. The number of nitrogens with zero attached hydrogens (tertiary/aromatic N) is 2. The lowest BCUT2D eigenvalue weighted by Gasteiger charge is -2.09. The second kappa shape index (κ2) is 5.45. The van der Waals surface area contributed by atoms with Gasteiger partial charge < -0.3 is 10.4 Å². The molecule has 2 heterocycles. The summed E-state index contributed by atoms with van der Waals surface area (Å²) < 4.78 is 0. The number of carbonyl (C=O) groups excluding carboxylic acids is 1. The van der Waals surface area contributed by atoms with Crippen LogP contribution in [0.15, 0.2) is 11.6 Å². The van der Waals surface area contributed by atoms with Crippen molar-refractivity contribution in [1.29, 1.82) is 0 Å². The fourth-order valence-electron chi connectivity index (χ4n) is 1.38. The predicted octanol–water partition coefficient (Wildman–Crippen LogP) is 2.10. The van der Waals surface area contributed by atoms with E-state index < -0.39 is 11.9 Å². The highest BCUT2D eigenvalue weighted by atomic mass is 32.1. The molecule has 6 nitrogen and oxygen atoms in total. The number of aryl methyl sites for hydroxylation is 1. The van der Waals surface area contributed by atoms with E-state index in [0.717, 1.165) is 21.2 Å². The van der Waals surface area contributed by atoms with Crippen molar-refractivity contribution < 1.29 is 14.7 Å². The van der Waals surface area contributed by atoms with Crippen LogP contribution >= 0.6 is 22.7 Å². The maximum Gasteiger partial charge on any atom is 0.365 e. The number of carbonyl (C=O) groups is 2.